The fourth-order valence-electron chi connectivity index (χ4n) is 18.1. The summed E-state index contributed by atoms with van der Waals surface area (Å²) in [6.07, 6.45) is 15.1. The number of benzene rings is 2. The molecule has 118 heavy (non-hydrogen) atoms. The zero-order valence-corrected chi connectivity index (χ0v) is 71.1. The van der Waals surface area contributed by atoms with Gasteiger partial charge in [0.1, 0.15) is 48.3 Å². The molecule has 10 N–H and O–H groups in total. The molecule has 4 saturated carbocycles. The number of hydrogen-bond acceptors (Lipinski definition) is 24. The Labute approximate surface area is 699 Å². The highest BCUT2D eigenvalue weighted by Gasteiger charge is 2.54. The van der Waals surface area contributed by atoms with E-state index in [4.69, 9.17) is 18.9 Å². The summed E-state index contributed by atoms with van der Waals surface area (Å²) in [5, 5.41) is 68.2. The van der Waals surface area contributed by atoms with Gasteiger partial charge in [0.15, 0.2) is 0 Å². The van der Waals surface area contributed by atoms with Gasteiger partial charge in [0.05, 0.1) is 61.1 Å². The van der Waals surface area contributed by atoms with Gasteiger partial charge in [-0.2, -0.15) is 0 Å². The van der Waals surface area contributed by atoms with Gasteiger partial charge in [0.25, 0.3) is 0 Å². The first kappa shape index (κ1) is 96.7. The van der Waals surface area contributed by atoms with Crippen molar-refractivity contribution in [2.24, 2.45) is 23.7 Å². The Morgan fingerprint density at radius 2 is 0.610 bits per heavy atom. The van der Waals surface area contributed by atoms with Crippen molar-refractivity contribution >= 4 is 107 Å². The van der Waals surface area contributed by atoms with Gasteiger partial charge in [0.2, 0.25) is 23.6 Å². The number of rotatable bonds is 38. The highest BCUT2D eigenvalue weighted by Crippen LogP contribution is 2.45. The third-order valence-electron chi connectivity index (χ3n) is 23.9. The summed E-state index contributed by atoms with van der Waals surface area (Å²) in [6, 6.07) is 9.57. The Morgan fingerprint density at radius 1 is 0.356 bits per heavy atom. The van der Waals surface area contributed by atoms with Crippen LogP contribution < -0.4 is 21.3 Å². The fourth-order valence-corrected chi connectivity index (χ4v) is 20.0. The van der Waals surface area contributed by atoms with Crippen LogP contribution in [0.1, 0.15) is 196 Å². The summed E-state index contributed by atoms with van der Waals surface area (Å²) in [5.41, 5.74) is 2.14. The summed E-state index contributed by atoms with van der Waals surface area (Å²) in [4.78, 5) is 177. The number of amides is 4. The zero-order chi connectivity index (χ0) is 86.8. The average molecular weight is 1690 g/mol. The van der Waals surface area contributed by atoms with E-state index in [1.165, 1.54) is 26.5 Å². The van der Waals surface area contributed by atoms with Crippen molar-refractivity contribution in [3.05, 3.63) is 71.8 Å². The molecule has 2 unspecified atom stereocenters. The minimum atomic E-state index is -1.14. The summed E-state index contributed by atoms with van der Waals surface area (Å²) in [5.74, 6) is -7.82. The zero-order valence-electron chi connectivity index (χ0n) is 69.5. The molecule has 0 bridgehead atoms. The average Bonchev–Trinajstić information content (AvgIpc) is 1.65. The number of thioether (sulfide) groups is 2. The molecule has 0 spiro atoms. The largest absolute Gasteiger partial charge is 0.480 e. The number of fused-ring (bicyclic) bond motifs is 4. The molecule has 8 aliphatic rings. The van der Waals surface area contributed by atoms with Gasteiger partial charge in [-0.05, 0) is 207 Å². The maximum atomic E-state index is 13.2. The molecule has 4 amide bonds. The van der Waals surface area contributed by atoms with Gasteiger partial charge >= 0.3 is 59.7 Å². The van der Waals surface area contributed by atoms with Crippen LogP contribution in [-0.2, 0) is 98.9 Å². The number of likely N-dealkylation sites (tertiary alicyclic amines) is 4. The Balaban J connectivity index is 0.000000217. The molecule has 8 fully saturated rings. The molecule has 4 aliphatic carbocycles. The minimum absolute atomic E-state index is 0.00629. The number of hydrogen-bond donors (Lipinski definition) is 10. The Morgan fingerprint density at radius 3 is 0.898 bits per heavy atom. The lowest BCUT2D eigenvalue weighted by Gasteiger charge is -2.31. The number of carbonyl (C=O) groups is 14. The predicted octanol–water partition coefficient (Wildman–Crippen LogP) is 6.68. The van der Waals surface area contributed by atoms with E-state index in [0.717, 1.165) is 99.9 Å². The van der Waals surface area contributed by atoms with E-state index in [0.29, 0.717) is 51.4 Å². The number of carboxylic acids is 6. The van der Waals surface area contributed by atoms with Crippen molar-refractivity contribution in [1.29, 1.82) is 0 Å². The normalized spacial score (nSPS) is 25.6. The van der Waals surface area contributed by atoms with Crippen LogP contribution in [0.25, 0.3) is 0 Å². The summed E-state index contributed by atoms with van der Waals surface area (Å²) in [6.45, 7) is 17.7. The molecule has 0 aromatic heterocycles. The van der Waals surface area contributed by atoms with Crippen molar-refractivity contribution < 1.29 is 117 Å². The first-order valence-corrected chi connectivity index (χ1v) is 43.9. The number of nitrogens with one attached hydrogen (secondary N) is 4. The number of carbonyl (C=O) groups excluding carboxylic acids is 8. The molecule has 2 aromatic rings. The molecule has 10 rings (SSSR count). The van der Waals surface area contributed by atoms with E-state index in [1.54, 1.807) is 74.1 Å². The lowest BCUT2D eigenvalue weighted by atomic mass is 10.0. The highest BCUT2D eigenvalue weighted by molar-refractivity contribution is 8.00. The van der Waals surface area contributed by atoms with E-state index in [-0.39, 0.29) is 121 Å². The third-order valence-corrected chi connectivity index (χ3v) is 26.4. The maximum absolute atomic E-state index is 13.2. The molecular formula is C84H124N8O24S2. The van der Waals surface area contributed by atoms with Crippen molar-refractivity contribution in [3.8, 4) is 0 Å². The van der Waals surface area contributed by atoms with Crippen LogP contribution >= 0.6 is 23.5 Å². The quantitative estimate of drug-likeness (QED) is 0.0247. The first-order valence-electron chi connectivity index (χ1n) is 41.8. The number of ether oxygens (including phenoxy) is 4. The van der Waals surface area contributed by atoms with Crippen LogP contribution in [0.5, 0.6) is 0 Å². The van der Waals surface area contributed by atoms with Crippen LogP contribution in [-0.4, -0.2) is 279 Å². The molecule has 2 aromatic carbocycles. The van der Waals surface area contributed by atoms with Crippen LogP contribution in [0.3, 0.4) is 0 Å². The van der Waals surface area contributed by atoms with Gasteiger partial charge in [-0.15, -0.1) is 23.5 Å². The van der Waals surface area contributed by atoms with Crippen molar-refractivity contribution in [2.45, 2.75) is 305 Å². The van der Waals surface area contributed by atoms with E-state index >= 15 is 0 Å². The molecule has 4 saturated heterocycles. The van der Waals surface area contributed by atoms with E-state index in [1.807, 2.05) is 60.7 Å². The van der Waals surface area contributed by atoms with Crippen molar-refractivity contribution in [3.63, 3.8) is 0 Å². The lowest BCUT2D eigenvalue weighted by Crippen LogP contribution is -2.55. The predicted molar refractivity (Wildman–Crippen MR) is 437 cm³/mol. The van der Waals surface area contributed by atoms with Crippen LogP contribution in [0, 0.1) is 23.7 Å². The highest BCUT2D eigenvalue weighted by atomic mass is 32.2. The molecule has 4 aliphatic heterocycles. The Hall–Kier alpha value is -8.44. The summed E-state index contributed by atoms with van der Waals surface area (Å²) in [7, 11) is 0. The smallest absolute Gasteiger partial charge is 0.326 e. The Bertz CT molecular complexity index is 3740. The third kappa shape index (κ3) is 26.3. The first-order chi connectivity index (χ1) is 56.2. The molecule has 656 valence electrons. The Kier molecular flexibility index (Phi) is 38.5. The number of aliphatic carboxylic acids is 6. The SMILES string of the molecule is CCOC(=O)C(C)SC[C@H](N[C@@H](C)C(=O)N1[C@H](C(=O)O)C[C@@H]2CCC[C@@H]21)C(=O)O.CCOC(=O)C(C)SC[C@H](N[C@@H](C)C(=O)N1[C@H](C(=O)O)C[C@@H]2CCC[C@@H]21)C(=O)OCC.CCOC(=O)[C@H](CCc1ccccc1)N[C@@H](C)C(=O)N1[C@H](C(=O)O)C[C@@H]2CCC[C@@H]21.C[C@H](N[C@@H](CCc1ccccc1)C(=O)O)C(=O)N1[C@H](C(=O)O)C[C@@H]2CCC[C@@H]21. The van der Waals surface area contributed by atoms with Crippen molar-refractivity contribution in [1.82, 2.24) is 40.9 Å². The topological polar surface area (TPSA) is 458 Å². The molecule has 4 heterocycles. The molecular weight excluding hydrogens is 1570 g/mol. The number of carboxylic acid groups (broad SMARTS) is 6. The van der Waals surface area contributed by atoms with Gasteiger partial charge in [0, 0.05) is 35.7 Å². The monoisotopic (exact) mass is 1690 g/mol. The lowest BCUT2D eigenvalue weighted by molar-refractivity contribution is -0.151. The van der Waals surface area contributed by atoms with Gasteiger partial charge in [-0.1, -0.05) is 86.3 Å². The molecule has 0 radical (unpaired) electrons. The van der Waals surface area contributed by atoms with Gasteiger partial charge in [-0.25, -0.2) is 19.2 Å². The summed E-state index contributed by atoms with van der Waals surface area (Å²) >= 11 is 2.37. The van der Waals surface area contributed by atoms with Gasteiger partial charge in [-0.3, -0.25) is 69.2 Å². The summed E-state index contributed by atoms with van der Waals surface area (Å²) < 4.78 is 20.2. The standard InChI is InChI=1S/C23H32N2O5.C21H34N2O7S.C21H28N2O5.C19H30N2O7S/c1-3-30-23(29)18(13-12-16-8-5-4-6-9-16)24-15(2)21(26)25-19-11-7-10-17(19)14-20(25)22(27)28;1-5-29-20(27)13(4)31-11-15(21(28)30-6-2)22-12(3)18(24)23-16-9-7-8-14(16)10-17(23)19(25)26;1-13(22-16(20(25)26)11-10-14-6-3-2-4-7-14)19(24)23-17-9-5-8-15(17)12-18(23)21(27)28;1-4-28-19(27)11(3)29-9-13(17(23)24)20-10(2)16(22)21-14-7-5-6-12(14)8-15(21)18(25)26/h4-6,8-9,15,17-20,24H,3,7,10-14H2,1-2H3,(H,27,28);12-17,22H,5-11H2,1-4H3,(H,25,26);2-4,6-7,13,15-18,22H,5,8-12H2,1H3,(H,25,26)(H,27,28);10-15,20H,4-9H2,1-3H3,(H,23,24)(H,25,26)/t15-,17-,18-,19-,20-;12-,13?,14-,15-,16-,17-;13-,15-,16-,17-,18-;10-,11?,12-,13-,14-,15-/m0000/s1. The maximum Gasteiger partial charge on any atom is 0.326 e. The van der Waals surface area contributed by atoms with Crippen molar-refractivity contribution in [2.75, 3.05) is 37.9 Å². The second kappa shape index (κ2) is 46.9. The van der Waals surface area contributed by atoms with Crippen LogP contribution in [0.4, 0.5) is 0 Å². The van der Waals surface area contributed by atoms with E-state index in [9.17, 15) is 97.8 Å². The van der Waals surface area contributed by atoms with E-state index < -0.39 is 131 Å². The number of aryl methyl sites for hydroxylation is 2. The van der Waals surface area contributed by atoms with Crippen LogP contribution in [0.15, 0.2) is 60.7 Å². The molecule has 32 nitrogen and oxygen atoms in total. The molecule has 22 atom stereocenters. The fraction of sp³-hybridized carbons (Fsp3) is 0.690. The van der Waals surface area contributed by atoms with E-state index in [2.05, 4.69) is 21.3 Å². The number of nitrogens with zero attached hydrogens (tertiary/aromatic N) is 4. The number of esters is 4. The second-order valence-electron chi connectivity index (χ2n) is 31.8. The van der Waals surface area contributed by atoms with Gasteiger partial charge < -0.3 is 69.2 Å². The minimum Gasteiger partial charge on any atom is -0.480 e. The van der Waals surface area contributed by atoms with Crippen LogP contribution in [0.2, 0.25) is 0 Å². The molecule has 34 heteroatoms. The second-order valence-corrected chi connectivity index (χ2v) is 34.6.